The van der Waals surface area contributed by atoms with Crippen LogP contribution in [0.5, 0.6) is 5.75 Å². The normalized spacial score (nSPS) is 15.9. The average molecular weight is 200 g/mol. The summed E-state index contributed by atoms with van der Waals surface area (Å²) in [6.45, 7) is 1.92. The third-order valence-electron chi connectivity index (χ3n) is 2.54. The van der Waals surface area contributed by atoms with Crippen molar-refractivity contribution in [1.82, 2.24) is 0 Å². The lowest BCUT2D eigenvalue weighted by atomic mass is 9.91. The van der Waals surface area contributed by atoms with E-state index in [2.05, 4.69) is 0 Å². The van der Waals surface area contributed by atoms with Crippen LogP contribution in [0.4, 0.5) is 0 Å². The molecule has 76 valence electrons. The molecule has 0 saturated heterocycles. The van der Waals surface area contributed by atoms with E-state index in [9.17, 15) is 9.90 Å². The third-order valence-corrected chi connectivity index (χ3v) is 2.54. The number of phenolic OH excluding ortho intramolecular Hbond substituents is 1. The highest BCUT2D eigenvalue weighted by Gasteiger charge is 2.17. The van der Waals surface area contributed by atoms with E-state index in [1.165, 1.54) is 0 Å². The summed E-state index contributed by atoms with van der Waals surface area (Å²) in [7, 11) is 0. The van der Waals surface area contributed by atoms with Crippen molar-refractivity contribution in [3.05, 3.63) is 47.6 Å². The quantitative estimate of drug-likeness (QED) is 0.756. The molecule has 1 aliphatic rings. The van der Waals surface area contributed by atoms with Gasteiger partial charge in [-0.1, -0.05) is 29.8 Å². The second-order valence-electron chi connectivity index (χ2n) is 3.64. The monoisotopic (exact) mass is 200 g/mol. The highest BCUT2D eigenvalue weighted by Crippen LogP contribution is 2.31. The first-order valence-electron chi connectivity index (χ1n) is 4.89. The summed E-state index contributed by atoms with van der Waals surface area (Å²) in [6.07, 6.45) is 4.19. The Morgan fingerprint density at radius 2 is 2.00 bits per heavy atom. The zero-order valence-corrected chi connectivity index (χ0v) is 8.53. The van der Waals surface area contributed by atoms with Gasteiger partial charge >= 0.3 is 0 Å². The van der Waals surface area contributed by atoms with Crippen LogP contribution in [-0.4, -0.2) is 10.9 Å². The number of ketones is 1. The van der Waals surface area contributed by atoms with E-state index in [0.717, 1.165) is 12.0 Å². The maximum Gasteiger partial charge on any atom is 0.186 e. The lowest BCUT2D eigenvalue weighted by Gasteiger charge is -2.13. The van der Waals surface area contributed by atoms with Gasteiger partial charge in [-0.3, -0.25) is 4.79 Å². The summed E-state index contributed by atoms with van der Waals surface area (Å²) >= 11 is 0. The minimum atomic E-state index is -0.0275. The maximum absolute atomic E-state index is 11.7. The Morgan fingerprint density at radius 1 is 1.27 bits per heavy atom. The molecule has 1 aromatic rings. The van der Waals surface area contributed by atoms with Crippen molar-refractivity contribution < 1.29 is 9.90 Å². The van der Waals surface area contributed by atoms with E-state index < -0.39 is 0 Å². The van der Waals surface area contributed by atoms with Gasteiger partial charge in [0, 0.05) is 11.1 Å². The molecule has 1 N–H and O–H groups in total. The fourth-order valence-corrected chi connectivity index (χ4v) is 1.79. The van der Waals surface area contributed by atoms with E-state index in [0.29, 0.717) is 11.1 Å². The fourth-order valence-electron chi connectivity index (χ4n) is 1.79. The molecule has 0 saturated carbocycles. The molecule has 0 atom stereocenters. The van der Waals surface area contributed by atoms with Gasteiger partial charge < -0.3 is 5.11 Å². The zero-order valence-electron chi connectivity index (χ0n) is 8.53. The smallest absolute Gasteiger partial charge is 0.186 e. The van der Waals surface area contributed by atoms with Crippen LogP contribution in [0.1, 0.15) is 18.9 Å². The van der Waals surface area contributed by atoms with Crippen LogP contribution in [0.25, 0.3) is 5.57 Å². The number of aromatic hydroxyl groups is 1. The second-order valence-corrected chi connectivity index (χ2v) is 3.64. The Morgan fingerprint density at radius 3 is 2.67 bits per heavy atom. The summed E-state index contributed by atoms with van der Waals surface area (Å²) < 4.78 is 0. The molecular formula is C13H12O2. The number of para-hydroxylation sites is 1. The van der Waals surface area contributed by atoms with Crippen molar-refractivity contribution in [2.24, 2.45) is 0 Å². The van der Waals surface area contributed by atoms with Crippen molar-refractivity contribution in [3.63, 3.8) is 0 Å². The molecule has 1 aliphatic carbocycles. The topological polar surface area (TPSA) is 37.3 Å². The molecule has 0 heterocycles. The molecule has 0 aliphatic heterocycles. The number of carbonyl (C=O) groups is 1. The molecule has 15 heavy (non-hydrogen) atoms. The van der Waals surface area contributed by atoms with Gasteiger partial charge in [-0.2, -0.15) is 0 Å². The predicted molar refractivity (Wildman–Crippen MR) is 59.5 cm³/mol. The van der Waals surface area contributed by atoms with Gasteiger partial charge in [0.2, 0.25) is 0 Å². The van der Waals surface area contributed by atoms with E-state index in [1.54, 1.807) is 24.3 Å². The zero-order chi connectivity index (χ0) is 10.8. The van der Waals surface area contributed by atoms with Crippen molar-refractivity contribution in [1.29, 1.82) is 0 Å². The number of hydrogen-bond donors (Lipinski definition) is 1. The lowest BCUT2D eigenvalue weighted by Crippen LogP contribution is -2.04. The van der Waals surface area contributed by atoms with Crippen molar-refractivity contribution in [3.8, 4) is 5.75 Å². The Kier molecular flexibility index (Phi) is 2.42. The van der Waals surface area contributed by atoms with E-state index >= 15 is 0 Å². The summed E-state index contributed by atoms with van der Waals surface area (Å²) in [4.78, 5) is 11.7. The molecular weight excluding hydrogens is 188 g/mol. The lowest BCUT2D eigenvalue weighted by molar-refractivity contribution is -0.109. The van der Waals surface area contributed by atoms with Crippen LogP contribution in [0.2, 0.25) is 0 Å². The number of hydrogen-bond acceptors (Lipinski definition) is 2. The van der Waals surface area contributed by atoms with Gasteiger partial charge in [0.15, 0.2) is 5.78 Å². The first-order chi connectivity index (χ1) is 7.20. The van der Waals surface area contributed by atoms with Crippen LogP contribution in [0.15, 0.2) is 42.0 Å². The molecule has 0 radical (unpaired) electrons. The molecule has 0 spiro atoms. The molecule has 0 aromatic heterocycles. The first kappa shape index (κ1) is 9.71. The molecule has 0 bridgehead atoms. The largest absolute Gasteiger partial charge is 0.507 e. The molecule has 1 aromatic carbocycles. The molecule has 0 unspecified atom stereocenters. The first-order valence-corrected chi connectivity index (χ1v) is 4.89. The van der Waals surface area contributed by atoms with Crippen LogP contribution in [0, 0.1) is 0 Å². The summed E-state index contributed by atoms with van der Waals surface area (Å²) in [6, 6.07) is 6.94. The van der Waals surface area contributed by atoms with Crippen molar-refractivity contribution >= 4 is 11.4 Å². The van der Waals surface area contributed by atoms with Crippen LogP contribution in [0.3, 0.4) is 0 Å². The average Bonchev–Trinajstić information content (AvgIpc) is 2.20. The highest BCUT2D eigenvalue weighted by molar-refractivity contribution is 6.28. The SMILES string of the molecule is CC1=C(c2ccccc2O)C(=O)C=CC1. The standard InChI is InChI=1S/C13H12O2/c1-9-5-4-8-12(15)13(9)10-6-2-3-7-11(10)14/h2-4,6-8,14H,5H2,1H3. The summed E-state index contributed by atoms with van der Waals surface area (Å²) in [5.41, 5.74) is 2.27. The molecule has 2 rings (SSSR count). The van der Waals surface area contributed by atoms with Crippen LogP contribution >= 0.6 is 0 Å². The minimum absolute atomic E-state index is 0.0275. The molecule has 2 nitrogen and oxygen atoms in total. The highest BCUT2D eigenvalue weighted by atomic mass is 16.3. The van der Waals surface area contributed by atoms with E-state index in [-0.39, 0.29) is 11.5 Å². The number of phenols is 1. The number of carbonyl (C=O) groups excluding carboxylic acids is 1. The van der Waals surface area contributed by atoms with E-state index in [4.69, 9.17) is 0 Å². The molecule has 0 amide bonds. The van der Waals surface area contributed by atoms with Gasteiger partial charge in [0.05, 0.1) is 0 Å². The minimum Gasteiger partial charge on any atom is -0.507 e. The Hall–Kier alpha value is -1.83. The predicted octanol–water partition coefficient (Wildman–Crippen LogP) is 2.69. The van der Waals surface area contributed by atoms with Crippen LogP contribution < -0.4 is 0 Å². The van der Waals surface area contributed by atoms with Gasteiger partial charge in [-0.25, -0.2) is 0 Å². The Bertz CT molecular complexity index is 467. The summed E-state index contributed by atoms with van der Waals surface area (Å²) in [5.74, 6) is 0.135. The van der Waals surface area contributed by atoms with Crippen LogP contribution in [-0.2, 0) is 4.79 Å². The van der Waals surface area contributed by atoms with Gasteiger partial charge in [-0.15, -0.1) is 0 Å². The Labute approximate surface area is 88.6 Å². The third kappa shape index (κ3) is 1.71. The molecule has 0 fully saturated rings. The fraction of sp³-hybridized carbons (Fsp3) is 0.154. The van der Waals surface area contributed by atoms with Gasteiger partial charge in [-0.05, 0) is 25.5 Å². The van der Waals surface area contributed by atoms with E-state index in [1.807, 2.05) is 19.1 Å². The molecule has 2 heteroatoms. The second kappa shape index (κ2) is 3.73. The van der Waals surface area contributed by atoms with Gasteiger partial charge in [0.25, 0.3) is 0 Å². The maximum atomic E-state index is 11.7. The van der Waals surface area contributed by atoms with Gasteiger partial charge in [0.1, 0.15) is 5.75 Å². The number of benzene rings is 1. The Balaban J connectivity index is 2.56. The van der Waals surface area contributed by atoms with Crippen molar-refractivity contribution in [2.45, 2.75) is 13.3 Å². The number of rotatable bonds is 1. The number of allylic oxidation sites excluding steroid dienone is 4. The summed E-state index contributed by atoms with van der Waals surface area (Å²) in [5, 5.41) is 9.69. The van der Waals surface area contributed by atoms with Crippen molar-refractivity contribution in [2.75, 3.05) is 0 Å².